The molecule has 0 saturated carbocycles. The molecule has 0 unspecified atom stereocenters. The first-order chi connectivity index (χ1) is 8.06. The zero-order chi connectivity index (χ0) is 12.4. The van der Waals surface area contributed by atoms with Gasteiger partial charge in [-0.1, -0.05) is 0 Å². The minimum atomic E-state index is -1.08. The molecular weight excluding hydrogens is 230 g/mol. The van der Waals surface area contributed by atoms with Crippen LogP contribution in [0.5, 0.6) is 0 Å². The Labute approximate surface area is 95.3 Å². The molecule has 6 heteroatoms. The van der Waals surface area contributed by atoms with Crippen LogP contribution in [0.2, 0.25) is 0 Å². The molecule has 0 saturated heterocycles. The van der Waals surface area contributed by atoms with Crippen LogP contribution in [0, 0.1) is 18.6 Å². The summed E-state index contributed by atoms with van der Waals surface area (Å²) >= 11 is 0. The highest BCUT2D eigenvalue weighted by atomic mass is 19.2. The Bertz CT molecular complexity index is 566. The quantitative estimate of drug-likeness (QED) is 0.874. The first-order valence-corrected chi connectivity index (χ1v) is 4.75. The highest BCUT2D eigenvalue weighted by molar-refractivity contribution is 6.03. The van der Waals surface area contributed by atoms with Gasteiger partial charge in [0.25, 0.3) is 5.91 Å². The van der Waals surface area contributed by atoms with E-state index in [2.05, 4.69) is 10.3 Å². The van der Waals surface area contributed by atoms with Crippen molar-refractivity contribution in [2.24, 2.45) is 0 Å². The second-order valence-corrected chi connectivity index (χ2v) is 3.36. The smallest absolute Gasteiger partial charge is 0.301 e. The molecule has 0 fully saturated rings. The molecule has 0 atom stereocenters. The van der Waals surface area contributed by atoms with Gasteiger partial charge in [0.05, 0.1) is 6.20 Å². The summed E-state index contributed by atoms with van der Waals surface area (Å²) in [5.41, 5.74) is -0.0141. The maximum absolute atomic E-state index is 12.9. The summed E-state index contributed by atoms with van der Waals surface area (Å²) in [5, 5.41) is 2.32. The number of nitrogens with zero attached hydrogens (tertiary/aromatic N) is 1. The van der Waals surface area contributed by atoms with Crippen LogP contribution in [-0.2, 0) is 0 Å². The number of amides is 1. The third-order valence-corrected chi connectivity index (χ3v) is 2.02. The zero-order valence-electron chi connectivity index (χ0n) is 8.83. The highest BCUT2D eigenvalue weighted by Gasteiger charge is 2.11. The first-order valence-electron chi connectivity index (χ1n) is 4.75. The van der Waals surface area contributed by atoms with E-state index < -0.39 is 17.5 Å². The number of aromatic nitrogens is 1. The van der Waals surface area contributed by atoms with Crippen LogP contribution in [-0.4, -0.2) is 10.9 Å². The van der Waals surface area contributed by atoms with Crippen LogP contribution in [0.1, 0.15) is 16.1 Å². The predicted molar refractivity (Wildman–Crippen MR) is 55.6 cm³/mol. The number of aryl methyl sites for hydroxylation is 1. The molecule has 88 valence electrons. The molecule has 1 amide bonds. The fourth-order valence-corrected chi connectivity index (χ4v) is 1.22. The van der Waals surface area contributed by atoms with E-state index in [1.54, 1.807) is 6.92 Å². The van der Waals surface area contributed by atoms with Gasteiger partial charge in [-0.15, -0.1) is 0 Å². The summed E-state index contributed by atoms with van der Waals surface area (Å²) < 4.78 is 30.6. The molecule has 1 heterocycles. The first kappa shape index (κ1) is 11.3. The van der Waals surface area contributed by atoms with E-state index >= 15 is 0 Å². The summed E-state index contributed by atoms with van der Waals surface area (Å²) in [6.07, 6.45) is 1.43. The third-order valence-electron chi connectivity index (χ3n) is 2.02. The molecular formula is C11H8F2N2O2. The minimum Gasteiger partial charge on any atom is -0.429 e. The monoisotopic (exact) mass is 238 g/mol. The molecule has 4 nitrogen and oxygen atoms in total. The maximum Gasteiger partial charge on any atom is 0.301 e. The van der Waals surface area contributed by atoms with Gasteiger partial charge in [0.2, 0.25) is 0 Å². The van der Waals surface area contributed by atoms with Crippen LogP contribution in [0.3, 0.4) is 0 Å². The lowest BCUT2D eigenvalue weighted by Crippen LogP contribution is -2.12. The Morgan fingerprint density at radius 1 is 1.35 bits per heavy atom. The molecule has 0 aliphatic rings. The van der Waals surface area contributed by atoms with E-state index in [4.69, 9.17) is 4.42 Å². The van der Waals surface area contributed by atoms with Gasteiger partial charge in [0.15, 0.2) is 11.6 Å². The van der Waals surface area contributed by atoms with Gasteiger partial charge in [0, 0.05) is 5.56 Å². The van der Waals surface area contributed by atoms with E-state index in [0.29, 0.717) is 5.76 Å². The van der Waals surface area contributed by atoms with Crippen LogP contribution < -0.4 is 5.32 Å². The molecule has 1 aromatic heterocycles. The number of hydrogen-bond acceptors (Lipinski definition) is 3. The average Bonchev–Trinajstić information content (AvgIpc) is 2.68. The van der Waals surface area contributed by atoms with E-state index in [1.807, 2.05) is 0 Å². The Kier molecular flexibility index (Phi) is 2.86. The Balaban J connectivity index is 2.17. The van der Waals surface area contributed by atoms with Gasteiger partial charge >= 0.3 is 6.01 Å². The molecule has 0 aliphatic heterocycles. The molecule has 0 aliphatic carbocycles. The number of carbonyl (C=O) groups excluding carboxylic acids is 1. The van der Waals surface area contributed by atoms with Crippen molar-refractivity contribution in [1.82, 2.24) is 4.98 Å². The number of rotatable bonds is 2. The Morgan fingerprint density at radius 2 is 2.12 bits per heavy atom. The fourth-order valence-electron chi connectivity index (χ4n) is 1.22. The SMILES string of the molecule is Cc1cnc(NC(=O)c2ccc(F)c(F)c2)o1. The van der Waals surface area contributed by atoms with E-state index in [9.17, 15) is 13.6 Å². The van der Waals surface area contributed by atoms with Crippen molar-refractivity contribution >= 4 is 11.9 Å². The molecule has 1 N–H and O–H groups in total. The maximum atomic E-state index is 12.9. The number of benzene rings is 1. The molecule has 2 rings (SSSR count). The van der Waals surface area contributed by atoms with Crippen molar-refractivity contribution in [3.63, 3.8) is 0 Å². The lowest BCUT2D eigenvalue weighted by molar-refractivity contribution is 0.102. The third kappa shape index (κ3) is 2.47. The summed E-state index contributed by atoms with van der Waals surface area (Å²) in [5.74, 6) is -2.17. The lowest BCUT2D eigenvalue weighted by Gasteiger charge is -2.01. The van der Waals surface area contributed by atoms with E-state index in [1.165, 1.54) is 12.3 Å². The average molecular weight is 238 g/mol. The second kappa shape index (κ2) is 4.32. The van der Waals surface area contributed by atoms with Gasteiger partial charge in [-0.05, 0) is 25.1 Å². The van der Waals surface area contributed by atoms with Gasteiger partial charge in [0.1, 0.15) is 5.76 Å². The molecule has 0 radical (unpaired) electrons. The van der Waals surface area contributed by atoms with Gasteiger partial charge < -0.3 is 4.42 Å². The van der Waals surface area contributed by atoms with Gasteiger partial charge in [-0.2, -0.15) is 0 Å². The number of anilines is 1. The summed E-state index contributed by atoms with van der Waals surface area (Å²) in [7, 11) is 0. The topological polar surface area (TPSA) is 55.1 Å². The number of nitrogens with one attached hydrogen (secondary N) is 1. The Hall–Kier alpha value is -2.24. The van der Waals surface area contributed by atoms with Crippen molar-refractivity contribution in [2.45, 2.75) is 6.92 Å². The van der Waals surface area contributed by atoms with Crippen LogP contribution in [0.25, 0.3) is 0 Å². The van der Waals surface area contributed by atoms with Crippen LogP contribution in [0.15, 0.2) is 28.8 Å². The van der Waals surface area contributed by atoms with Crippen molar-refractivity contribution < 1.29 is 18.0 Å². The second-order valence-electron chi connectivity index (χ2n) is 3.36. The molecule has 17 heavy (non-hydrogen) atoms. The summed E-state index contributed by atoms with van der Waals surface area (Å²) in [4.78, 5) is 15.3. The van der Waals surface area contributed by atoms with Crippen molar-refractivity contribution in [1.29, 1.82) is 0 Å². The molecule has 1 aromatic carbocycles. The van der Waals surface area contributed by atoms with Crippen molar-refractivity contribution in [3.05, 3.63) is 47.4 Å². The van der Waals surface area contributed by atoms with E-state index in [-0.39, 0.29) is 11.6 Å². The van der Waals surface area contributed by atoms with Crippen molar-refractivity contribution in [3.8, 4) is 0 Å². The van der Waals surface area contributed by atoms with E-state index in [0.717, 1.165) is 12.1 Å². The van der Waals surface area contributed by atoms with Gasteiger partial charge in [-0.3, -0.25) is 10.1 Å². The van der Waals surface area contributed by atoms with Crippen LogP contribution >= 0.6 is 0 Å². The number of halogens is 2. The predicted octanol–water partition coefficient (Wildman–Crippen LogP) is 2.51. The van der Waals surface area contributed by atoms with Gasteiger partial charge in [-0.25, -0.2) is 13.8 Å². The molecule has 0 bridgehead atoms. The number of carbonyl (C=O) groups is 1. The van der Waals surface area contributed by atoms with Crippen molar-refractivity contribution in [2.75, 3.05) is 5.32 Å². The minimum absolute atomic E-state index is 0.0113. The zero-order valence-corrected chi connectivity index (χ0v) is 8.83. The normalized spacial score (nSPS) is 10.3. The summed E-state index contributed by atoms with van der Waals surface area (Å²) in [6, 6.07) is 2.87. The lowest BCUT2D eigenvalue weighted by atomic mass is 10.2. The summed E-state index contributed by atoms with van der Waals surface area (Å²) in [6.45, 7) is 1.67. The number of hydrogen-bond donors (Lipinski definition) is 1. The molecule has 2 aromatic rings. The number of oxazole rings is 1. The highest BCUT2D eigenvalue weighted by Crippen LogP contribution is 2.12. The largest absolute Gasteiger partial charge is 0.429 e. The Morgan fingerprint density at radius 3 is 2.71 bits per heavy atom. The van der Waals surface area contributed by atoms with Crippen LogP contribution in [0.4, 0.5) is 14.8 Å². The standard InChI is InChI=1S/C11H8F2N2O2/c1-6-5-14-11(17-6)15-10(16)7-2-3-8(12)9(13)4-7/h2-5H,1H3,(H,14,15,16). The fraction of sp³-hybridized carbons (Fsp3) is 0.0909. The molecule has 0 spiro atoms.